The normalized spacial score (nSPS) is 10.9. The lowest BCUT2D eigenvalue weighted by atomic mass is 10.1. The number of benzene rings is 2. The second kappa shape index (κ2) is 8.96. The summed E-state index contributed by atoms with van der Waals surface area (Å²) in [5, 5.41) is 16.1. The Labute approximate surface area is 190 Å². The van der Waals surface area contributed by atoms with Crippen molar-refractivity contribution in [3.8, 4) is 22.7 Å². The number of rotatable bonds is 7. The van der Waals surface area contributed by atoms with Gasteiger partial charge < -0.3 is 10.1 Å². The standard InChI is InChI=1S/C25H22N6O2/c1-33-20-11-7-8-18(16-20)24-21(17-31(29-24)19-9-3-2-4-10-19)25(32)26-14-13-23-28-27-22-12-5-6-15-30(22)23/h2-12,15-17H,13-14H2,1H3,(H,26,32). The van der Waals surface area contributed by atoms with E-state index in [4.69, 9.17) is 9.84 Å². The lowest BCUT2D eigenvalue weighted by molar-refractivity contribution is 0.0954. The van der Waals surface area contributed by atoms with E-state index in [1.165, 1.54) is 0 Å². The van der Waals surface area contributed by atoms with Crippen LogP contribution in [0, 0.1) is 0 Å². The van der Waals surface area contributed by atoms with Gasteiger partial charge in [0.05, 0.1) is 18.4 Å². The molecule has 0 aliphatic heterocycles. The maximum absolute atomic E-state index is 13.2. The number of amides is 1. The SMILES string of the molecule is COc1cccc(-c2nn(-c3ccccc3)cc2C(=O)NCCc2nnc3ccccn23)c1. The number of aromatic nitrogens is 5. The maximum atomic E-state index is 13.2. The monoisotopic (exact) mass is 438 g/mol. The number of nitrogens with one attached hydrogen (secondary N) is 1. The maximum Gasteiger partial charge on any atom is 0.255 e. The van der Waals surface area contributed by atoms with E-state index in [0.717, 1.165) is 22.7 Å². The molecular weight excluding hydrogens is 416 g/mol. The molecule has 3 heterocycles. The van der Waals surface area contributed by atoms with Gasteiger partial charge >= 0.3 is 0 Å². The van der Waals surface area contributed by atoms with Crippen molar-refractivity contribution in [2.24, 2.45) is 0 Å². The first-order valence-corrected chi connectivity index (χ1v) is 10.6. The summed E-state index contributed by atoms with van der Waals surface area (Å²) in [5.41, 5.74) is 3.53. The number of carbonyl (C=O) groups excluding carboxylic acids is 1. The lowest BCUT2D eigenvalue weighted by Gasteiger charge is -2.06. The van der Waals surface area contributed by atoms with Gasteiger partial charge in [0.2, 0.25) is 0 Å². The average molecular weight is 438 g/mol. The van der Waals surface area contributed by atoms with Crippen LogP contribution in [0.1, 0.15) is 16.2 Å². The lowest BCUT2D eigenvalue weighted by Crippen LogP contribution is -2.26. The topological polar surface area (TPSA) is 86.3 Å². The highest BCUT2D eigenvalue weighted by Gasteiger charge is 2.19. The van der Waals surface area contributed by atoms with Crippen LogP contribution in [0.2, 0.25) is 0 Å². The summed E-state index contributed by atoms with van der Waals surface area (Å²) >= 11 is 0. The van der Waals surface area contributed by atoms with Gasteiger partial charge in [0.15, 0.2) is 5.65 Å². The van der Waals surface area contributed by atoms with E-state index in [-0.39, 0.29) is 5.91 Å². The molecule has 3 aromatic heterocycles. The van der Waals surface area contributed by atoms with Gasteiger partial charge in [0, 0.05) is 30.9 Å². The van der Waals surface area contributed by atoms with Crippen LogP contribution < -0.4 is 10.1 Å². The van der Waals surface area contributed by atoms with Crippen molar-refractivity contribution in [3.63, 3.8) is 0 Å². The summed E-state index contributed by atoms with van der Waals surface area (Å²) in [6.07, 6.45) is 4.22. The molecule has 0 radical (unpaired) electrons. The third kappa shape index (κ3) is 4.18. The highest BCUT2D eigenvalue weighted by atomic mass is 16.5. The quantitative estimate of drug-likeness (QED) is 0.420. The van der Waals surface area contributed by atoms with E-state index in [9.17, 15) is 4.79 Å². The second-order valence-corrected chi connectivity index (χ2v) is 7.45. The highest BCUT2D eigenvalue weighted by Crippen LogP contribution is 2.27. The molecule has 0 fully saturated rings. The largest absolute Gasteiger partial charge is 0.497 e. The predicted molar refractivity (Wildman–Crippen MR) is 125 cm³/mol. The number of nitrogens with zero attached hydrogens (tertiary/aromatic N) is 5. The molecule has 0 bridgehead atoms. The van der Waals surface area contributed by atoms with Gasteiger partial charge in [-0.3, -0.25) is 9.20 Å². The summed E-state index contributed by atoms with van der Waals surface area (Å²) in [7, 11) is 1.61. The Hall–Kier alpha value is -4.46. The predicted octanol–water partition coefficient (Wildman–Crippen LogP) is 3.56. The molecular formula is C25H22N6O2. The van der Waals surface area contributed by atoms with Crippen molar-refractivity contribution in [2.45, 2.75) is 6.42 Å². The fourth-order valence-corrected chi connectivity index (χ4v) is 3.68. The smallest absolute Gasteiger partial charge is 0.255 e. The van der Waals surface area contributed by atoms with Gasteiger partial charge in [0.25, 0.3) is 5.91 Å². The van der Waals surface area contributed by atoms with E-state index >= 15 is 0 Å². The van der Waals surface area contributed by atoms with Crippen LogP contribution in [-0.2, 0) is 6.42 Å². The number of carbonyl (C=O) groups is 1. The van der Waals surface area contributed by atoms with Crippen molar-refractivity contribution in [1.82, 2.24) is 29.7 Å². The number of hydrogen-bond donors (Lipinski definition) is 1. The average Bonchev–Trinajstić information content (AvgIpc) is 3.50. The summed E-state index contributed by atoms with van der Waals surface area (Å²) in [6.45, 7) is 0.419. The molecule has 0 aliphatic carbocycles. The van der Waals surface area contributed by atoms with Crippen LogP contribution in [0.4, 0.5) is 0 Å². The molecule has 0 atom stereocenters. The Morgan fingerprint density at radius 1 is 1.00 bits per heavy atom. The summed E-state index contributed by atoms with van der Waals surface area (Å²) in [4.78, 5) is 13.2. The van der Waals surface area contributed by atoms with Gasteiger partial charge in [-0.05, 0) is 36.4 Å². The molecule has 5 rings (SSSR count). The minimum Gasteiger partial charge on any atom is -0.497 e. The van der Waals surface area contributed by atoms with E-state index in [1.807, 2.05) is 83.4 Å². The van der Waals surface area contributed by atoms with Crippen LogP contribution in [0.5, 0.6) is 5.75 Å². The van der Waals surface area contributed by atoms with Crippen molar-refractivity contribution >= 4 is 11.6 Å². The van der Waals surface area contributed by atoms with Crippen LogP contribution >= 0.6 is 0 Å². The summed E-state index contributed by atoms with van der Waals surface area (Å²) in [6, 6.07) is 23.0. The zero-order valence-electron chi connectivity index (χ0n) is 18.0. The Morgan fingerprint density at radius 3 is 2.70 bits per heavy atom. The Kier molecular flexibility index (Phi) is 5.55. The van der Waals surface area contributed by atoms with Crippen LogP contribution in [0.15, 0.2) is 85.2 Å². The van der Waals surface area contributed by atoms with Crippen LogP contribution in [-0.4, -0.2) is 43.9 Å². The van der Waals surface area contributed by atoms with Crippen molar-refractivity contribution in [1.29, 1.82) is 0 Å². The Balaban J connectivity index is 1.41. The summed E-state index contributed by atoms with van der Waals surface area (Å²) < 4.78 is 9.00. The Bertz CT molecular complexity index is 1410. The van der Waals surface area contributed by atoms with Gasteiger partial charge in [0.1, 0.15) is 17.3 Å². The van der Waals surface area contributed by atoms with Crippen molar-refractivity contribution in [3.05, 3.63) is 96.6 Å². The van der Waals surface area contributed by atoms with E-state index in [0.29, 0.717) is 30.0 Å². The molecule has 5 aromatic rings. The van der Waals surface area contributed by atoms with E-state index < -0.39 is 0 Å². The molecule has 0 saturated carbocycles. The zero-order valence-corrected chi connectivity index (χ0v) is 18.0. The van der Waals surface area contributed by atoms with Gasteiger partial charge in [-0.15, -0.1) is 10.2 Å². The van der Waals surface area contributed by atoms with E-state index in [2.05, 4.69) is 15.5 Å². The molecule has 33 heavy (non-hydrogen) atoms. The molecule has 2 aromatic carbocycles. The van der Waals surface area contributed by atoms with Crippen molar-refractivity contribution in [2.75, 3.05) is 13.7 Å². The fourth-order valence-electron chi connectivity index (χ4n) is 3.68. The van der Waals surface area contributed by atoms with Gasteiger partial charge in [-0.2, -0.15) is 5.10 Å². The number of ether oxygens (including phenoxy) is 1. The Morgan fingerprint density at radius 2 is 1.85 bits per heavy atom. The first kappa shape index (κ1) is 20.4. The summed E-state index contributed by atoms with van der Waals surface area (Å²) in [5.74, 6) is 1.29. The number of para-hydroxylation sites is 1. The molecule has 0 aliphatic rings. The molecule has 1 N–H and O–H groups in total. The van der Waals surface area contributed by atoms with Crippen LogP contribution in [0.3, 0.4) is 0 Å². The zero-order chi connectivity index (χ0) is 22.6. The number of pyridine rings is 1. The molecule has 8 heteroatoms. The first-order valence-electron chi connectivity index (χ1n) is 10.6. The third-order valence-corrected chi connectivity index (χ3v) is 5.34. The highest BCUT2D eigenvalue weighted by molar-refractivity contribution is 6.00. The minimum absolute atomic E-state index is 0.205. The third-order valence-electron chi connectivity index (χ3n) is 5.34. The first-order chi connectivity index (χ1) is 16.2. The molecule has 0 unspecified atom stereocenters. The fraction of sp³-hybridized carbons (Fsp3) is 0.120. The van der Waals surface area contributed by atoms with Gasteiger partial charge in [-0.1, -0.05) is 36.4 Å². The second-order valence-electron chi connectivity index (χ2n) is 7.45. The number of hydrogen-bond acceptors (Lipinski definition) is 5. The van der Waals surface area contributed by atoms with Crippen molar-refractivity contribution < 1.29 is 9.53 Å². The number of fused-ring (bicyclic) bond motifs is 1. The molecule has 0 spiro atoms. The van der Waals surface area contributed by atoms with Crippen LogP contribution in [0.25, 0.3) is 22.6 Å². The molecule has 8 nitrogen and oxygen atoms in total. The molecule has 0 saturated heterocycles. The minimum atomic E-state index is -0.205. The molecule has 1 amide bonds. The number of methoxy groups -OCH3 is 1. The van der Waals surface area contributed by atoms with Gasteiger partial charge in [-0.25, -0.2) is 4.68 Å². The molecule has 164 valence electrons. The van der Waals surface area contributed by atoms with E-state index in [1.54, 1.807) is 18.0 Å².